The summed E-state index contributed by atoms with van der Waals surface area (Å²) >= 11 is 3.51. The molecule has 0 saturated carbocycles. The maximum atomic E-state index is 5.86. The van der Waals surface area contributed by atoms with Crippen LogP contribution in [0.5, 0.6) is 17.2 Å². The molecule has 0 unspecified atom stereocenters. The van der Waals surface area contributed by atoms with Crippen molar-refractivity contribution >= 4 is 15.9 Å². The zero-order valence-electron chi connectivity index (χ0n) is 11.6. The van der Waals surface area contributed by atoms with Crippen LogP contribution in [0, 0.1) is 0 Å². The lowest BCUT2D eigenvalue weighted by molar-refractivity contribution is 0.338. The van der Waals surface area contributed by atoms with Gasteiger partial charge in [0.1, 0.15) is 17.2 Å². The van der Waals surface area contributed by atoms with Gasteiger partial charge in [0, 0.05) is 12.1 Å². The highest BCUT2D eigenvalue weighted by Crippen LogP contribution is 2.32. The Hall–Kier alpha value is -1.52. The predicted octanol–water partition coefficient (Wildman–Crippen LogP) is 4.66. The molecular formula is C16H18BrNO2. The summed E-state index contributed by atoms with van der Waals surface area (Å²) in [5.74, 6) is 2.29. The quantitative estimate of drug-likeness (QED) is 0.864. The molecule has 2 N–H and O–H groups in total. The molecule has 106 valence electrons. The van der Waals surface area contributed by atoms with E-state index in [0.717, 1.165) is 27.3 Å². The van der Waals surface area contributed by atoms with Crippen LogP contribution in [0.15, 0.2) is 46.9 Å². The highest BCUT2D eigenvalue weighted by atomic mass is 79.9. The molecule has 0 fully saturated rings. The third-order valence-electron chi connectivity index (χ3n) is 2.83. The summed E-state index contributed by atoms with van der Waals surface area (Å²) in [7, 11) is 0. The minimum atomic E-state index is 0.00151. The molecule has 0 spiro atoms. The Labute approximate surface area is 127 Å². The molecule has 0 aromatic heterocycles. The van der Waals surface area contributed by atoms with Crippen LogP contribution < -0.4 is 15.2 Å². The van der Waals surface area contributed by atoms with Crippen LogP contribution in [0.4, 0.5) is 0 Å². The summed E-state index contributed by atoms with van der Waals surface area (Å²) in [6, 6.07) is 13.4. The van der Waals surface area contributed by atoms with Crippen LogP contribution >= 0.6 is 15.9 Å². The van der Waals surface area contributed by atoms with Crippen molar-refractivity contribution in [2.45, 2.75) is 19.9 Å². The van der Waals surface area contributed by atoms with Crippen molar-refractivity contribution in [1.29, 1.82) is 0 Å². The molecule has 3 nitrogen and oxygen atoms in total. The maximum Gasteiger partial charge on any atom is 0.141 e. The Bertz CT molecular complexity index is 584. The standard InChI is InChI=1S/C16H18BrNO2/c1-3-19-13-5-4-6-14(10-13)20-16-8-7-12(11(2)18)9-15(16)17/h4-11H,3,18H2,1-2H3/t11-/m1/s1. The molecular weight excluding hydrogens is 318 g/mol. The SMILES string of the molecule is CCOc1cccc(Oc2ccc([C@@H](C)N)cc2Br)c1. The average molecular weight is 336 g/mol. The Morgan fingerprint density at radius 1 is 1.15 bits per heavy atom. The van der Waals surface area contributed by atoms with Gasteiger partial charge in [-0.05, 0) is 59.6 Å². The van der Waals surface area contributed by atoms with Crippen LogP contribution in [0.2, 0.25) is 0 Å². The zero-order chi connectivity index (χ0) is 14.5. The molecule has 0 amide bonds. The predicted molar refractivity (Wildman–Crippen MR) is 84.4 cm³/mol. The molecule has 2 rings (SSSR count). The summed E-state index contributed by atoms with van der Waals surface area (Å²) in [5.41, 5.74) is 6.92. The summed E-state index contributed by atoms with van der Waals surface area (Å²) < 4.78 is 12.2. The van der Waals surface area contributed by atoms with Gasteiger partial charge in [-0.2, -0.15) is 0 Å². The number of benzene rings is 2. The maximum absolute atomic E-state index is 5.86. The summed E-state index contributed by atoms with van der Waals surface area (Å²) in [5, 5.41) is 0. The van der Waals surface area contributed by atoms with Crippen LogP contribution in [-0.4, -0.2) is 6.61 Å². The van der Waals surface area contributed by atoms with Crippen LogP contribution in [-0.2, 0) is 0 Å². The minimum Gasteiger partial charge on any atom is -0.494 e. The molecule has 0 aliphatic rings. The normalized spacial score (nSPS) is 12.0. The molecule has 1 atom stereocenters. The molecule has 0 bridgehead atoms. The fourth-order valence-corrected chi connectivity index (χ4v) is 2.28. The number of ether oxygens (including phenoxy) is 2. The van der Waals surface area contributed by atoms with E-state index in [0.29, 0.717) is 6.61 Å². The highest BCUT2D eigenvalue weighted by Gasteiger charge is 2.07. The molecule has 2 aromatic carbocycles. The number of hydrogen-bond donors (Lipinski definition) is 1. The van der Waals surface area contributed by atoms with Gasteiger partial charge in [-0.3, -0.25) is 0 Å². The lowest BCUT2D eigenvalue weighted by Gasteiger charge is -2.12. The third-order valence-corrected chi connectivity index (χ3v) is 3.45. The minimum absolute atomic E-state index is 0.00151. The summed E-state index contributed by atoms with van der Waals surface area (Å²) in [6.07, 6.45) is 0. The smallest absolute Gasteiger partial charge is 0.141 e. The van der Waals surface area contributed by atoms with Crippen molar-refractivity contribution in [3.8, 4) is 17.2 Å². The fraction of sp³-hybridized carbons (Fsp3) is 0.250. The molecule has 20 heavy (non-hydrogen) atoms. The molecule has 2 aromatic rings. The van der Waals surface area contributed by atoms with Gasteiger partial charge in [-0.1, -0.05) is 12.1 Å². The van der Waals surface area contributed by atoms with Gasteiger partial charge in [0.2, 0.25) is 0 Å². The van der Waals surface area contributed by atoms with E-state index >= 15 is 0 Å². The zero-order valence-corrected chi connectivity index (χ0v) is 13.2. The number of halogens is 1. The molecule has 0 aliphatic heterocycles. The number of rotatable bonds is 5. The average Bonchev–Trinajstić information content (AvgIpc) is 2.42. The molecule has 0 aliphatic carbocycles. The first-order chi connectivity index (χ1) is 9.60. The van der Waals surface area contributed by atoms with Gasteiger partial charge < -0.3 is 15.2 Å². The molecule has 0 heterocycles. The largest absolute Gasteiger partial charge is 0.494 e. The fourth-order valence-electron chi connectivity index (χ4n) is 1.80. The first kappa shape index (κ1) is 14.9. The lowest BCUT2D eigenvalue weighted by atomic mass is 10.1. The van der Waals surface area contributed by atoms with Gasteiger partial charge in [0.25, 0.3) is 0 Å². The van der Waals surface area contributed by atoms with Crippen molar-refractivity contribution < 1.29 is 9.47 Å². The van der Waals surface area contributed by atoms with E-state index in [9.17, 15) is 0 Å². The second-order valence-corrected chi connectivity index (χ2v) is 5.34. The Morgan fingerprint density at radius 3 is 2.55 bits per heavy atom. The number of hydrogen-bond acceptors (Lipinski definition) is 3. The Balaban J connectivity index is 2.19. The third kappa shape index (κ3) is 3.74. The van der Waals surface area contributed by atoms with Crippen molar-refractivity contribution in [3.63, 3.8) is 0 Å². The van der Waals surface area contributed by atoms with Gasteiger partial charge in [0.05, 0.1) is 11.1 Å². The molecule has 0 saturated heterocycles. The van der Waals surface area contributed by atoms with Crippen LogP contribution in [0.1, 0.15) is 25.5 Å². The van der Waals surface area contributed by atoms with Gasteiger partial charge in [0.15, 0.2) is 0 Å². The molecule has 4 heteroatoms. The van der Waals surface area contributed by atoms with Gasteiger partial charge in [-0.15, -0.1) is 0 Å². The van der Waals surface area contributed by atoms with Gasteiger partial charge in [-0.25, -0.2) is 0 Å². The Kier molecular flexibility index (Phi) is 5.04. The molecule has 0 radical (unpaired) electrons. The lowest BCUT2D eigenvalue weighted by Crippen LogP contribution is -2.04. The summed E-state index contributed by atoms with van der Waals surface area (Å²) in [6.45, 7) is 4.54. The van der Waals surface area contributed by atoms with Crippen molar-refractivity contribution in [3.05, 3.63) is 52.5 Å². The van der Waals surface area contributed by atoms with E-state index in [-0.39, 0.29) is 6.04 Å². The van der Waals surface area contributed by atoms with Crippen molar-refractivity contribution in [1.82, 2.24) is 0 Å². The van der Waals surface area contributed by atoms with Crippen LogP contribution in [0.3, 0.4) is 0 Å². The Morgan fingerprint density at radius 2 is 1.90 bits per heavy atom. The second-order valence-electron chi connectivity index (χ2n) is 4.49. The monoisotopic (exact) mass is 335 g/mol. The highest BCUT2D eigenvalue weighted by molar-refractivity contribution is 9.10. The van der Waals surface area contributed by atoms with Crippen molar-refractivity contribution in [2.24, 2.45) is 5.73 Å². The van der Waals surface area contributed by atoms with E-state index < -0.39 is 0 Å². The first-order valence-corrected chi connectivity index (χ1v) is 7.35. The van der Waals surface area contributed by atoms with Gasteiger partial charge >= 0.3 is 0 Å². The van der Waals surface area contributed by atoms with E-state index in [4.69, 9.17) is 15.2 Å². The topological polar surface area (TPSA) is 44.5 Å². The second kappa shape index (κ2) is 6.77. The van der Waals surface area contributed by atoms with E-state index in [1.165, 1.54) is 0 Å². The van der Waals surface area contributed by atoms with Crippen molar-refractivity contribution in [2.75, 3.05) is 6.61 Å². The summed E-state index contributed by atoms with van der Waals surface area (Å²) in [4.78, 5) is 0. The van der Waals surface area contributed by atoms with E-state index in [1.54, 1.807) is 0 Å². The number of nitrogens with two attached hydrogens (primary N) is 1. The van der Waals surface area contributed by atoms with E-state index in [1.807, 2.05) is 56.3 Å². The van der Waals surface area contributed by atoms with Crippen LogP contribution in [0.25, 0.3) is 0 Å². The first-order valence-electron chi connectivity index (χ1n) is 6.56. The van der Waals surface area contributed by atoms with E-state index in [2.05, 4.69) is 15.9 Å².